The van der Waals surface area contributed by atoms with Crippen molar-refractivity contribution in [3.05, 3.63) is 70.4 Å². The van der Waals surface area contributed by atoms with Crippen molar-refractivity contribution in [3.8, 4) is 0 Å². The molecule has 0 atom stereocenters. The molecule has 7 nitrogen and oxygen atoms in total. The Labute approximate surface area is 181 Å². The lowest BCUT2D eigenvalue weighted by molar-refractivity contribution is -0.384. The zero-order valence-electron chi connectivity index (χ0n) is 16.8. The Morgan fingerprint density at radius 1 is 1.12 bits per heavy atom. The van der Waals surface area contributed by atoms with Crippen LogP contribution in [0, 0.1) is 16.0 Å². The molecule has 1 amide bonds. The highest BCUT2D eigenvalue weighted by molar-refractivity contribution is 6.01. The van der Waals surface area contributed by atoms with E-state index in [0.717, 1.165) is 23.0 Å². The number of rotatable bonds is 4. The third-order valence-electron chi connectivity index (χ3n) is 5.61. The van der Waals surface area contributed by atoms with E-state index >= 15 is 0 Å². The van der Waals surface area contributed by atoms with Gasteiger partial charge in [0.05, 0.1) is 21.7 Å². The summed E-state index contributed by atoms with van der Waals surface area (Å²) in [5, 5.41) is 15.1. The van der Waals surface area contributed by atoms with Crippen LogP contribution in [0.3, 0.4) is 0 Å². The minimum absolute atomic E-state index is 0.127. The molecule has 3 aromatic rings. The van der Waals surface area contributed by atoms with E-state index in [9.17, 15) is 28.1 Å². The predicted octanol–water partition coefficient (Wildman–Crippen LogP) is 5.02. The fraction of sp³-hybridized carbons (Fsp3) is 0.273. The second kappa shape index (κ2) is 8.45. The second-order valence-electron chi connectivity index (χ2n) is 7.58. The number of hydrogen-bond acceptors (Lipinski definition) is 5. The molecule has 0 unspecified atom stereocenters. The van der Waals surface area contributed by atoms with Crippen LogP contribution < -0.4 is 10.2 Å². The highest BCUT2D eigenvalue weighted by Gasteiger charge is 2.35. The Morgan fingerprint density at radius 2 is 1.88 bits per heavy atom. The average molecular weight is 444 g/mol. The molecule has 166 valence electrons. The van der Waals surface area contributed by atoms with E-state index in [1.165, 1.54) is 0 Å². The van der Waals surface area contributed by atoms with Gasteiger partial charge in [-0.05, 0) is 49.2 Å². The second-order valence-corrected chi connectivity index (χ2v) is 7.58. The number of anilines is 2. The van der Waals surface area contributed by atoms with Gasteiger partial charge in [0, 0.05) is 36.7 Å². The first-order valence-electron chi connectivity index (χ1n) is 9.99. The summed E-state index contributed by atoms with van der Waals surface area (Å²) >= 11 is 0. The van der Waals surface area contributed by atoms with Crippen LogP contribution in [0.15, 0.2) is 54.7 Å². The largest absolute Gasteiger partial charge is 0.416 e. The van der Waals surface area contributed by atoms with E-state index in [-0.39, 0.29) is 17.5 Å². The molecule has 1 fully saturated rings. The van der Waals surface area contributed by atoms with Crippen LogP contribution in [0.5, 0.6) is 0 Å². The van der Waals surface area contributed by atoms with Crippen molar-refractivity contribution < 1.29 is 22.9 Å². The summed E-state index contributed by atoms with van der Waals surface area (Å²) in [4.78, 5) is 29.3. The monoisotopic (exact) mass is 444 g/mol. The summed E-state index contributed by atoms with van der Waals surface area (Å²) in [5.41, 5.74) is -0.115. The van der Waals surface area contributed by atoms with Crippen molar-refractivity contribution >= 4 is 33.9 Å². The van der Waals surface area contributed by atoms with Crippen LogP contribution in [0.1, 0.15) is 18.4 Å². The van der Waals surface area contributed by atoms with Gasteiger partial charge in [0.1, 0.15) is 5.69 Å². The number of nitrogens with one attached hydrogen (secondary N) is 1. The van der Waals surface area contributed by atoms with Gasteiger partial charge in [-0.3, -0.25) is 19.9 Å². The molecule has 0 radical (unpaired) electrons. The van der Waals surface area contributed by atoms with Crippen LogP contribution in [0.2, 0.25) is 0 Å². The number of carbonyl (C=O) groups is 1. The maximum absolute atomic E-state index is 12.9. The van der Waals surface area contributed by atoms with Crippen molar-refractivity contribution in [1.82, 2.24) is 4.98 Å². The van der Waals surface area contributed by atoms with Crippen LogP contribution in [0.25, 0.3) is 10.9 Å². The molecule has 1 aromatic heterocycles. The molecule has 2 heterocycles. The topological polar surface area (TPSA) is 88.4 Å². The summed E-state index contributed by atoms with van der Waals surface area (Å²) in [6.45, 7) is 0.642. The van der Waals surface area contributed by atoms with Crippen LogP contribution in [-0.4, -0.2) is 28.9 Å². The summed E-state index contributed by atoms with van der Waals surface area (Å²) in [7, 11) is 0. The molecule has 4 rings (SSSR count). The molecule has 32 heavy (non-hydrogen) atoms. The Hall–Kier alpha value is -3.69. The zero-order valence-corrected chi connectivity index (χ0v) is 16.8. The highest BCUT2D eigenvalue weighted by Crippen LogP contribution is 2.38. The first-order chi connectivity index (χ1) is 15.2. The molecule has 0 bridgehead atoms. The number of carbonyl (C=O) groups excluding carboxylic acids is 1. The quantitative estimate of drug-likeness (QED) is 0.451. The number of aromatic nitrogens is 1. The van der Waals surface area contributed by atoms with Gasteiger partial charge in [-0.2, -0.15) is 13.2 Å². The Bertz CT molecular complexity index is 1170. The first kappa shape index (κ1) is 21.5. The van der Waals surface area contributed by atoms with Crippen molar-refractivity contribution in [2.75, 3.05) is 23.3 Å². The van der Waals surface area contributed by atoms with E-state index in [1.807, 2.05) is 12.1 Å². The molecule has 10 heteroatoms. The van der Waals surface area contributed by atoms with Crippen LogP contribution >= 0.6 is 0 Å². The van der Waals surface area contributed by atoms with Gasteiger partial charge in [0.25, 0.3) is 5.69 Å². The maximum atomic E-state index is 12.9. The molecule has 1 aliphatic heterocycles. The predicted molar refractivity (Wildman–Crippen MR) is 113 cm³/mol. The SMILES string of the molecule is O=C(Nc1cccc2ncccc12)C1CCN(c2ccc(C(F)(F)F)cc2[N+](=O)[O-])CC1. The van der Waals surface area contributed by atoms with Gasteiger partial charge >= 0.3 is 6.18 Å². The fourth-order valence-electron chi connectivity index (χ4n) is 3.94. The third-order valence-corrected chi connectivity index (χ3v) is 5.61. The van der Waals surface area contributed by atoms with Crippen molar-refractivity contribution in [2.24, 2.45) is 5.92 Å². The third kappa shape index (κ3) is 4.34. The number of hydrogen-bond donors (Lipinski definition) is 1. The van der Waals surface area contributed by atoms with Crippen molar-refractivity contribution in [3.63, 3.8) is 0 Å². The molecule has 2 aromatic carbocycles. The molecule has 0 spiro atoms. The molecule has 1 N–H and O–H groups in total. The number of fused-ring (bicyclic) bond motifs is 1. The summed E-state index contributed by atoms with van der Waals surface area (Å²) in [6, 6.07) is 11.6. The summed E-state index contributed by atoms with van der Waals surface area (Å²) < 4.78 is 38.8. The standard InChI is InChI=1S/C22H19F3N4O3/c23-22(24,25)15-6-7-19(20(13-15)29(31)32)28-11-8-14(9-12-28)21(30)27-18-5-1-4-17-16(18)3-2-10-26-17/h1-7,10,13-14H,8-9,11-12H2,(H,27,30). The van der Waals surface area contributed by atoms with E-state index in [4.69, 9.17) is 0 Å². The first-order valence-corrected chi connectivity index (χ1v) is 9.99. The molecular formula is C22H19F3N4O3. The summed E-state index contributed by atoms with van der Waals surface area (Å²) in [5.74, 6) is -0.477. The van der Waals surface area contributed by atoms with Crippen LogP contribution in [-0.2, 0) is 11.0 Å². The Balaban J connectivity index is 1.46. The number of piperidine rings is 1. The number of pyridine rings is 1. The zero-order chi connectivity index (χ0) is 22.9. The van der Waals surface area contributed by atoms with E-state index in [1.54, 1.807) is 29.3 Å². The van der Waals surface area contributed by atoms with Crippen LogP contribution in [0.4, 0.5) is 30.2 Å². The Morgan fingerprint density at radius 3 is 2.56 bits per heavy atom. The number of alkyl halides is 3. The van der Waals surface area contributed by atoms with Gasteiger partial charge in [-0.1, -0.05) is 6.07 Å². The van der Waals surface area contributed by atoms with E-state index < -0.39 is 22.4 Å². The van der Waals surface area contributed by atoms with E-state index in [2.05, 4.69) is 10.3 Å². The van der Waals surface area contributed by atoms with Gasteiger partial charge < -0.3 is 10.2 Å². The molecular weight excluding hydrogens is 425 g/mol. The van der Waals surface area contributed by atoms with Gasteiger partial charge in [-0.25, -0.2) is 0 Å². The number of nitro benzene ring substituents is 1. The molecule has 0 aliphatic carbocycles. The normalized spacial score (nSPS) is 15.0. The molecule has 1 saturated heterocycles. The van der Waals surface area contributed by atoms with Crippen molar-refractivity contribution in [1.29, 1.82) is 0 Å². The van der Waals surface area contributed by atoms with Crippen molar-refractivity contribution in [2.45, 2.75) is 19.0 Å². The lowest BCUT2D eigenvalue weighted by atomic mass is 9.95. The number of benzene rings is 2. The number of nitrogens with zero attached hydrogens (tertiary/aromatic N) is 3. The number of nitro groups is 1. The highest BCUT2D eigenvalue weighted by atomic mass is 19.4. The van der Waals surface area contributed by atoms with Gasteiger partial charge in [-0.15, -0.1) is 0 Å². The average Bonchev–Trinajstić information content (AvgIpc) is 2.78. The number of halogens is 3. The lowest BCUT2D eigenvalue weighted by Gasteiger charge is -2.32. The van der Waals surface area contributed by atoms with E-state index in [0.29, 0.717) is 37.7 Å². The van der Waals surface area contributed by atoms with Gasteiger partial charge in [0.15, 0.2) is 0 Å². The van der Waals surface area contributed by atoms with Gasteiger partial charge in [0.2, 0.25) is 5.91 Å². The fourth-order valence-corrected chi connectivity index (χ4v) is 3.94. The minimum atomic E-state index is -4.66. The molecule has 1 aliphatic rings. The minimum Gasteiger partial charge on any atom is -0.366 e. The molecule has 0 saturated carbocycles. The smallest absolute Gasteiger partial charge is 0.366 e. The maximum Gasteiger partial charge on any atom is 0.416 e. The Kier molecular flexibility index (Phi) is 5.68. The summed E-state index contributed by atoms with van der Waals surface area (Å²) in [6.07, 6.45) is -2.14. The lowest BCUT2D eigenvalue weighted by Crippen LogP contribution is -2.38. The number of amides is 1.